The Kier molecular flexibility index (Phi) is 4.65. The van der Waals surface area contributed by atoms with E-state index in [-0.39, 0.29) is 0 Å². The van der Waals surface area contributed by atoms with E-state index in [1.807, 2.05) is 0 Å². The van der Waals surface area contributed by atoms with Crippen molar-refractivity contribution in [2.75, 3.05) is 32.8 Å². The van der Waals surface area contributed by atoms with Crippen LogP contribution in [0.15, 0.2) is 24.5 Å². The minimum Gasteiger partial charge on any atom is -0.387 e. The SMILES string of the molecule is N#C[C@@H](CN1CCOCC1)[C@H](O)c1ccncc1. The summed E-state index contributed by atoms with van der Waals surface area (Å²) in [6.07, 6.45) is 2.49. The normalized spacial score (nSPS) is 20.0. The molecule has 5 nitrogen and oxygen atoms in total. The summed E-state index contributed by atoms with van der Waals surface area (Å²) >= 11 is 0. The van der Waals surface area contributed by atoms with Crippen LogP contribution < -0.4 is 0 Å². The van der Waals surface area contributed by atoms with E-state index < -0.39 is 12.0 Å². The highest BCUT2D eigenvalue weighted by molar-refractivity contribution is 5.16. The van der Waals surface area contributed by atoms with Gasteiger partial charge in [0.05, 0.1) is 31.3 Å². The quantitative estimate of drug-likeness (QED) is 0.843. The van der Waals surface area contributed by atoms with E-state index in [0.717, 1.165) is 18.7 Å². The first-order valence-electron chi connectivity index (χ1n) is 6.09. The van der Waals surface area contributed by atoms with Crippen LogP contribution in [0.25, 0.3) is 0 Å². The van der Waals surface area contributed by atoms with Crippen molar-refractivity contribution in [2.24, 2.45) is 5.92 Å². The van der Waals surface area contributed by atoms with Gasteiger partial charge in [0.1, 0.15) is 0 Å². The van der Waals surface area contributed by atoms with Crippen LogP contribution in [0.3, 0.4) is 0 Å². The third kappa shape index (κ3) is 3.26. The number of ether oxygens (including phenoxy) is 1. The van der Waals surface area contributed by atoms with Crippen LogP contribution in [0.2, 0.25) is 0 Å². The second kappa shape index (κ2) is 6.45. The van der Waals surface area contributed by atoms with Crippen molar-refractivity contribution in [1.29, 1.82) is 5.26 Å². The molecule has 1 aliphatic heterocycles. The third-order valence-corrected chi connectivity index (χ3v) is 3.15. The highest BCUT2D eigenvalue weighted by Gasteiger charge is 2.24. The first kappa shape index (κ1) is 13.0. The molecule has 0 bridgehead atoms. The zero-order valence-corrected chi connectivity index (χ0v) is 10.2. The van der Waals surface area contributed by atoms with Gasteiger partial charge in [-0.3, -0.25) is 9.88 Å². The zero-order valence-electron chi connectivity index (χ0n) is 10.2. The molecule has 1 aliphatic rings. The molecule has 96 valence electrons. The molecule has 0 radical (unpaired) electrons. The largest absolute Gasteiger partial charge is 0.387 e. The van der Waals surface area contributed by atoms with Gasteiger partial charge in [0.25, 0.3) is 0 Å². The summed E-state index contributed by atoms with van der Waals surface area (Å²) in [5.74, 6) is -0.425. The van der Waals surface area contributed by atoms with Gasteiger partial charge in [-0.05, 0) is 17.7 Å². The highest BCUT2D eigenvalue weighted by atomic mass is 16.5. The molecule has 0 aliphatic carbocycles. The summed E-state index contributed by atoms with van der Waals surface area (Å²) in [7, 11) is 0. The average molecular weight is 247 g/mol. The maximum Gasteiger partial charge on any atom is 0.0961 e. The van der Waals surface area contributed by atoms with Crippen molar-refractivity contribution in [3.63, 3.8) is 0 Å². The van der Waals surface area contributed by atoms with E-state index in [9.17, 15) is 10.4 Å². The van der Waals surface area contributed by atoms with Crippen LogP contribution in [0, 0.1) is 17.2 Å². The fourth-order valence-electron chi connectivity index (χ4n) is 2.07. The molecule has 1 fully saturated rings. The number of aliphatic hydroxyl groups excluding tert-OH is 1. The van der Waals surface area contributed by atoms with Gasteiger partial charge in [0, 0.05) is 32.0 Å². The summed E-state index contributed by atoms with van der Waals surface area (Å²) < 4.78 is 5.26. The Bertz CT molecular complexity index is 398. The van der Waals surface area contributed by atoms with E-state index in [1.165, 1.54) is 0 Å². The number of rotatable bonds is 4. The Morgan fingerprint density at radius 1 is 1.39 bits per heavy atom. The molecule has 1 N–H and O–H groups in total. The van der Waals surface area contributed by atoms with Gasteiger partial charge in [-0.2, -0.15) is 5.26 Å². The molecule has 0 saturated carbocycles. The average Bonchev–Trinajstić information content (AvgIpc) is 2.46. The first-order valence-corrected chi connectivity index (χ1v) is 6.09. The van der Waals surface area contributed by atoms with Gasteiger partial charge < -0.3 is 9.84 Å². The van der Waals surface area contributed by atoms with Crippen LogP contribution in [-0.4, -0.2) is 47.8 Å². The standard InChI is InChI=1S/C13H17N3O2/c14-9-12(10-16-5-7-18-8-6-16)13(17)11-1-3-15-4-2-11/h1-4,12-13,17H,5-8,10H2/t12-,13+/m0/s1. The number of pyridine rings is 1. The third-order valence-electron chi connectivity index (χ3n) is 3.15. The van der Waals surface area contributed by atoms with Gasteiger partial charge in [-0.25, -0.2) is 0 Å². The van der Waals surface area contributed by atoms with Crippen molar-refractivity contribution in [3.8, 4) is 6.07 Å². The van der Waals surface area contributed by atoms with E-state index in [4.69, 9.17) is 4.74 Å². The number of nitriles is 1. The summed E-state index contributed by atoms with van der Waals surface area (Å²) in [5, 5.41) is 19.4. The number of aromatic nitrogens is 1. The minimum atomic E-state index is -0.763. The summed E-state index contributed by atoms with van der Waals surface area (Å²) in [6.45, 7) is 3.61. The predicted molar refractivity (Wildman–Crippen MR) is 65.6 cm³/mol. The lowest BCUT2D eigenvalue weighted by molar-refractivity contribution is 0.0208. The fourth-order valence-corrected chi connectivity index (χ4v) is 2.07. The fraction of sp³-hybridized carbons (Fsp3) is 0.538. The van der Waals surface area contributed by atoms with Gasteiger partial charge in [-0.1, -0.05) is 0 Å². The molecule has 0 spiro atoms. The minimum absolute atomic E-state index is 0.425. The van der Waals surface area contributed by atoms with Crippen LogP contribution in [0.1, 0.15) is 11.7 Å². The van der Waals surface area contributed by atoms with E-state index in [1.54, 1.807) is 24.5 Å². The van der Waals surface area contributed by atoms with Crippen molar-refractivity contribution in [3.05, 3.63) is 30.1 Å². The lowest BCUT2D eigenvalue weighted by Crippen LogP contribution is -2.40. The Morgan fingerprint density at radius 3 is 2.67 bits per heavy atom. The zero-order chi connectivity index (χ0) is 12.8. The van der Waals surface area contributed by atoms with Crippen LogP contribution >= 0.6 is 0 Å². The Balaban J connectivity index is 1.98. The monoisotopic (exact) mass is 247 g/mol. The Labute approximate surface area is 107 Å². The lowest BCUT2D eigenvalue weighted by Gasteiger charge is -2.29. The second-order valence-electron chi connectivity index (χ2n) is 4.37. The van der Waals surface area contributed by atoms with Crippen LogP contribution in [0.4, 0.5) is 0 Å². The van der Waals surface area contributed by atoms with Gasteiger partial charge in [-0.15, -0.1) is 0 Å². The molecule has 2 heterocycles. The van der Waals surface area contributed by atoms with Crippen LogP contribution in [0.5, 0.6) is 0 Å². The van der Waals surface area contributed by atoms with Crippen LogP contribution in [-0.2, 0) is 4.74 Å². The van der Waals surface area contributed by atoms with Gasteiger partial charge in [0.15, 0.2) is 0 Å². The smallest absolute Gasteiger partial charge is 0.0961 e. The number of nitrogens with zero attached hydrogens (tertiary/aromatic N) is 3. The van der Waals surface area contributed by atoms with Gasteiger partial charge >= 0.3 is 0 Å². The molecule has 2 atom stereocenters. The number of aliphatic hydroxyl groups is 1. The highest BCUT2D eigenvalue weighted by Crippen LogP contribution is 2.22. The molecule has 18 heavy (non-hydrogen) atoms. The molecule has 0 amide bonds. The number of hydrogen-bond donors (Lipinski definition) is 1. The van der Waals surface area contributed by atoms with Crippen molar-refractivity contribution >= 4 is 0 Å². The molecule has 5 heteroatoms. The summed E-state index contributed by atoms with van der Waals surface area (Å²) in [5.41, 5.74) is 0.741. The van der Waals surface area contributed by atoms with E-state index >= 15 is 0 Å². The van der Waals surface area contributed by atoms with E-state index in [2.05, 4.69) is 16.0 Å². The summed E-state index contributed by atoms with van der Waals surface area (Å²) in [6, 6.07) is 5.68. The molecule has 1 saturated heterocycles. The molecular weight excluding hydrogens is 230 g/mol. The maximum atomic E-state index is 10.2. The molecule has 0 aromatic carbocycles. The van der Waals surface area contributed by atoms with Crippen molar-refractivity contribution in [2.45, 2.75) is 6.10 Å². The summed E-state index contributed by atoms with van der Waals surface area (Å²) in [4.78, 5) is 6.06. The van der Waals surface area contributed by atoms with Crippen molar-refractivity contribution in [1.82, 2.24) is 9.88 Å². The molecular formula is C13H17N3O2. The lowest BCUT2D eigenvalue weighted by atomic mass is 9.97. The number of hydrogen-bond acceptors (Lipinski definition) is 5. The topological polar surface area (TPSA) is 69.4 Å². The molecule has 0 unspecified atom stereocenters. The predicted octanol–water partition coefficient (Wildman–Crippen LogP) is 0.587. The molecule has 1 aromatic rings. The van der Waals surface area contributed by atoms with E-state index in [0.29, 0.717) is 19.8 Å². The molecule has 1 aromatic heterocycles. The first-order chi connectivity index (χ1) is 8.81. The Morgan fingerprint density at radius 2 is 2.06 bits per heavy atom. The van der Waals surface area contributed by atoms with Crippen molar-refractivity contribution < 1.29 is 9.84 Å². The maximum absolute atomic E-state index is 10.2. The number of morpholine rings is 1. The van der Waals surface area contributed by atoms with Gasteiger partial charge in [0.2, 0.25) is 0 Å². The molecule has 2 rings (SSSR count). The second-order valence-corrected chi connectivity index (χ2v) is 4.37. The Hall–Kier alpha value is -1.48.